The Labute approximate surface area is 279 Å². The van der Waals surface area contributed by atoms with Gasteiger partial charge in [0, 0.05) is 20.2 Å². The highest BCUT2D eigenvalue weighted by Crippen LogP contribution is 2.44. The third kappa shape index (κ3) is 6.56. The fraction of sp³-hybridized carbons (Fsp3) is 0.258. The normalized spacial score (nSPS) is 21.1. The number of ether oxygens (including phenoxy) is 2. The number of amides is 3. The van der Waals surface area contributed by atoms with Crippen molar-refractivity contribution in [2.24, 2.45) is 11.8 Å². The molecule has 3 amide bonds. The number of benzene rings is 3. The van der Waals surface area contributed by atoms with Gasteiger partial charge in [-0.1, -0.05) is 61.1 Å². The summed E-state index contributed by atoms with van der Waals surface area (Å²) in [6.07, 6.45) is 0.768. The van der Waals surface area contributed by atoms with Crippen LogP contribution in [0.15, 0.2) is 66.7 Å². The zero-order valence-corrected chi connectivity index (χ0v) is 27.7. The molecule has 13 heteroatoms. The molecule has 5 rings (SSSR count). The van der Waals surface area contributed by atoms with Gasteiger partial charge in [0.2, 0.25) is 0 Å². The zero-order valence-electron chi connectivity index (χ0n) is 23.0. The van der Waals surface area contributed by atoms with Crippen LogP contribution in [0.25, 0.3) is 0 Å². The number of hydrogen-bond acceptors (Lipinski definition) is 7. The van der Waals surface area contributed by atoms with Crippen LogP contribution in [0.1, 0.15) is 43.9 Å². The summed E-state index contributed by atoms with van der Waals surface area (Å²) >= 11 is 19.4. The van der Waals surface area contributed by atoms with E-state index in [9.17, 15) is 24.0 Å². The maximum absolute atomic E-state index is 13.8. The van der Waals surface area contributed by atoms with Gasteiger partial charge >= 0.3 is 5.97 Å². The van der Waals surface area contributed by atoms with Crippen LogP contribution in [0.2, 0.25) is 10.0 Å². The fourth-order valence-corrected chi connectivity index (χ4v) is 6.93. The van der Waals surface area contributed by atoms with E-state index in [4.69, 9.17) is 32.7 Å². The van der Waals surface area contributed by atoms with Gasteiger partial charge in [-0.3, -0.25) is 19.2 Å². The van der Waals surface area contributed by atoms with Gasteiger partial charge in [0.15, 0.2) is 5.78 Å². The minimum Gasteiger partial charge on any atom is -0.497 e. The number of alkyl halides is 2. The van der Waals surface area contributed by atoms with E-state index in [-0.39, 0.29) is 42.1 Å². The molecule has 0 radical (unpaired) electrons. The number of nitrogens with zero attached hydrogens (tertiary/aromatic N) is 2. The van der Waals surface area contributed by atoms with Crippen molar-refractivity contribution in [3.63, 3.8) is 0 Å². The first kappa shape index (κ1) is 32.2. The number of methoxy groups -OCH3 is 1. The van der Waals surface area contributed by atoms with Crippen LogP contribution in [0.3, 0.4) is 0 Å². The van der Waals surface area contributed by atoms with Crippen molar-refractivity contribution in [1.29, 1.82) is 0 Å². The van der Waals surface area contributed by atoms with Crippen LogP contribution in [-0.2, 0) is 9.59 Å². The Morgan fingerprint density at radius 1 is 0.864 bits per heavy atom. The molecule has 2 aliphatic rings. The van der Waals surface area contributed by atoms with Gasteiger partial charge in [-0.25, -0.2) is 9.80 Å². The number of halogens is 4. The number of rotatable bonds is 8. The second-order valence-electron chi connectivity index (χ2n) is 10.3. The van der Waals surface area contributed by atoms with Crippen LogP contribution in [0.4, 0.5) is 0 Å². The molecule has 4 atom stereocenters. The zero-order chi connectivity index (χ0) is 31.7. The summed E-state index contributed by atoms with van der Waals surface area (Å²) in [7, 11) is 1.48. The summed E-state index contributed by atoms with van der Waals surface area (Å²) in [5.41, 5.74) is 0.400. The monoisotopic (exact) mass is 764 g/mol. The van der Waals surface area contributed by atoms with Crippen molar-refractivity contribution in [3.05, 3.63) is 93.5 Å². The predicted molar refractivity (Wildman–Crippen MR) is 170 cm³/mol. The van der Waals surface area contributed by atoms with Crippen molar-refractivity contribution in [2.75, 3.05) is 13.7 Å². The van der Waals surface area contributed by atoms with Crippen LogP contribution in [-0.4, -0.2) is 62.8 Å². The van der Waals surface area contributed by atoms with Gasteiger partial charge in [-0.05, 0) is 73.5 Å². The Kier molecular flexibility index (Phi) is 9.79. The van der Waals surface area contributed by atoms with Crippen LogP contribution < -0.4 is 9.47 Å². The van der Waals surface area contributed by atoms with E-state index in [2.05, 4.69) is 31.9 Å². The van der Waals surface area contributed by atoms with E-state index < -0.39 is 47.9 Å². The Bertz CT molecular complexity index is 1620. The number of carbonyl (C=O) groups excluding carboxylic acids is 5. The summed E-state index contributed by atoms with van der Waals surface area (Å²) in [6.45, 7) is -0.632. The molecular formula is C31H24Br2Cl2N2O7. The molecule has 228 valence electrons. The Hall–Kier alpha value is -3.25. The highest BCUT2D eigenvalue weighted by molar-refractivity contribution is 9.12. The molecule has 0 spiro atoms. The molecule has 1 saturated heterocycles. The van der Waals surface area contributed by atoms with Gasteiger partial charge < -0.3 is 9.47 Å². The van der Waals surface area contributed by atoms with Gasteiger partial charge in [0.05, 0.1) is 35.1 Å². The number of hydrazine groups is 1. The molecule has 44 heavy (non-hydrogen) atoms. The summed E-state index contributed by atoms with van der Waals surface area (Å²) in [5.74, 6) is -3.74. The Morgan fingerprint density at radius 3 is 2.09 bits per heavy atom. The first-order chi connectivity index (χ1) is 21.0. The van der Waals surface area contributed by atoms with Crippen LogP contribution in [0, 0.1) is 11.8 Å². The molecule has 9 nitrogen and oxygen atoms in total. The first-order valence-electron chi connectivity index (χ1n) is 13.4. The lowest BCUT2D eigenvalue weighted by atomic mass is 9.81. The minimum atomic E-state index is -0.810. The highest BCUT2D eigenvalue weighted by atomic mass is 79.9. The van der Waals surface area contributed by atoms with Gasteiger partial charge in [-0.15, -0.1) is 0 Å². The molecule has 3 aromatic rings. The lowest BCUT2D eigenvalue weighted by molar-refractivity contribution is -0.154. The lowest BCUT2D eigenvalue weighted by Crippen LogP contribution is -2.52. The third-order valence-corrected chi connectivity index (χ3v) is 10.8. The maximum atomic E-state index is 13.8. The fourth-order valence-electron chi connectivity index (χ4n) is 5.20. The van der Waals surface area contributed by atoms with Gasteiger partial charge in [0.1, 0.15) is 18.0 Å². The molecule has 1 aliphatic heterocycles. The van der Waals surface area contributed by atoms with E-state index in [0.717, 1.165) is 10.0 Å². The largest absolute Gasteiger partial charge is 0.497 e. The van der Waals surface area contributed by atoms with Gasteiger partial charge in [0.25, 0.3) is 17.7 Å². The molecule has 1 aliphatic carbocycles. The number of ketones is 1. The highest BCUT2D eigenvalue weighted by Gasteiger charge is 2.54. The standard InChI is InChI=1S/C31H24Br2Cl2N2O7/c1-43-20-4-2-3-17(11-20)31(42)44-19-8-5-16(6-9-19)27(38)15-36(28(39)21-10-7-18(34)12-26(21)35)37-29(40)22-13-24(32)25(33)14-23(22)30(37)41/h2-12,22-25H,13-15H2,1H3/t22-,23+,24-,25-/m0/s1. The number of esters is 1. The molecule has 0 aromatic heterocycles. The number of hydrogen-bond donors (Lipinski definition) is 0. The summed E-state index contributed by atoms with van der Waals surface area (Å²) in [5, 5.41) is 1.92. The van der Waals surface area contributed by atoms with Crippen molar-refractivity contribution in [3.8, 4) is 11.5 Å². The average molecular weight is 767 g/mol. The molecule has 1 saturated carbocycles. The number of fused-ring (bicyclic) bond motifs is 1. The molecule has 3 aromatic carbocycles. The molecule has 1 heterocycles. The topological polar surface area (TPSA) is 110 Å². The van der Waals surface area contributed by atoms with Crippen molar-refractivity contribution >= 4 is 84.5 Å². The summed E-state index contributed by atoms with van der Waals surface area (Å²) in [6, 6.07) is 16.4. The van der Waals surface area contributed by atoms with E-state index in [1.165, 1.54) is 55.6 Å². The second kappa shape index (κ2) is 13.4. The first-order valence-corrected chi connectivity index (χ1v) is 16.0. The van der Waals surface area contributed by atoms with E-state index in [1.54, 1.807) is 18.2 Å². The molecule has 2 fully saturated rings. The second-order valence-corrected chi connectivity index (χ2v) is 13.5. The van der Waals surface area contributed by atoms with E-state index in [1.807, 2.05) is 0 Å². The number of imide groups is 1. The third-order valence-electron chi connectivity index (χ3n) is 7.51. The van der Waals surface area contributed by atoms with Crippen LogP contribution in [0.5, 0.6) is 11.5 Å². The summed E-state index contributed by atoms with van der Waals surface area (Å²) < 4.78 is 10.6. The van der Waals surface area contributed by atoms with Crippen LogP contribution >= 0.6 is 55.1 Å². The predicted octanol–water partition coefficient (Wildman–Crippen LogP) is 6.38. The molecular weight excluding hydrogens is 743 g/mol. The van der Waals surface area contributed by atoms with Crippen molar-refractivity contribution in [2.45, 2.75) is 22.5 Å². The molecule has 0 bridgehead atoms. The van der Waals surface area contributed by atoms with E-state index >= 15 is 0 Å². The lowest BCUT2D eigenvalue weighted by Gasteiger charge is -2.30. The summed E-state index contributed by atoms with van der Waals surface area (Å²) in [4.78, 5) is 67.0. The molecule has 0 unspecified atom stereocenters. The smallest absolute Gasteiger partial charge is 0.343 e. The minimum absolute atomic E-state index is 0.000269. The molecule has 0 N–H and O–H groups in total. The van der Waals surface area contributed by atoms with Gasteiger partial charge in [-0.2, -0.15) is 5.01 Å². The Morgan fingerprint density at radius 2 is 1.50 bits per heavy atom. The average Bonchev–Trinajstić information content (AvgIpc) is 3.24. The number of carbonyl (C=O) groups is 5. The van der Waals surface area contributed by atoms with E-state index in [0.29, 0.717) is 18.6 Å². The van der Waals surface area contributed by atoms with Crippen molar-refractivity contribution in [1.82, 2.24) is 10.0 Å². The maximum Gasteiger partial charge on any atom is 0.343 e. The SMILES string of the molecule is COc1cccc(C(=O)Oc2ccc(C(=O)CN(C(=O)c3ccc(Cl)cc3Cl)N3C(=O)[C@H]4C[C@H](Br)[C@@H](Br)C[C@H]4C3=O)cc2)c1. The quantitative estimate of drug-likeness (QED) is 0.0861. The van der Waals surface area contributed by atoms with Crippen molar-refractivity contribution < 1.29 is 33.4 Å². The number of Topliss-reactive ketones (excluding diaryl/α,β-unsaturated/α-hetero) is 1. The Balaban J connectivity index is 1.39.